The van der Waals surface area contributed by atoms with Gasteiger partial charge in [0.05, 0.1) is 18.3 Å². The fraction of sp³-hybridized carbons (Fsp3) is 0.350. The van der Waals surface area contributed by atoms with Gasteiger partial charge < -0.3 is 9.64 Å². The first-order valence-electron chi connectivity index (χ1n) is 8.57. The molecular formula is C20H23N3O. The van der Waals surface area contributed by atoms with Gasteiger partial charge in [0.2, 0.25) is 0 Å². The summed E-state index contributed by atoms with van der Waals surface area (Å²) >= 11 is 0. The molecule has 0 unspecified atom stereocenters. The summed E-state index contributed by atoms with van der Waals surface area (Å²) in [5.41, 5.74) is 3.37. The molecule has 4 nitrogen and oxygen atoms in total. The minimum atomic E-state index is 0.530. The molecule has 3 aromatic rings. The summed E-state index contributed by atoms with van der Waals surface area (Å²) in [7, 11) is 3.91. The summed E-state index contributed by atoms with van der Waals surface area (Å²) in [6.07, 6.45) is 2.34. The maximum absolute atomic E-state index is 5.55. The Hall–Kier alpha value is -2.33. The Morgan fingerprint density at radius 1 is 1.00 bits per heavy atom. The van der Waals surface area contributed by atoms with Crippen LogP contribution in [0.4, 0.5) is 0 Å². The van der Waals surface area contributed by atoms with E-state index in [0.717, 1.165) is 30.0 Å². The van der Waals surface area contributed by atoms with E-state index in [1.54, 1.807) is 7.11 Å². The summed E-state index contributed by atoms with van der Waals surface area (Å²) in [6, 6.07) is 16.6. The molecule has 0 spiro atoms. The Labute approximate surface area is 142 Å². The quantitative estimate of drug-likeness (QED) is 0.734. The third-order valence-electron chi connectivity index (χ3n) is 5.03. The molecule has 0 saturated carbocycles. The second-order valence-corrected chi connectivity index (χ2v) is 6.56. The molecule has 2 heterocycles. The van der Waals surface area contributed by atoms with E-state index in [2.05, 4.69) is 42.3 Å². The van der Waals surface area contributed by atoms with Crippen LogP contribution in [0.3, 0.4) is 0 Å². The molecule has 1 fully saturated rings. The van der Waals surface area contributed by atoms with Gasteiger partial charge in [-0.05, 0) is 51.2 Å². The Morgan fingerprint density at radius 2 is 1.71 bits per heavy atom. The van der Waals surface area contributed by atoms with E-state index in [9.17, 15) is 0 Å². The zero-order chi connectivity index (χ0) is 16.5. The molecule has 1 saturated heterocycles. The number of benzene rings is 2. The van der Waals surface area contributed by atoms with Gasteiger partial charge in [0, 0.05) is 11.3 Å². The predicted molar refractivity (Wildman–Crippen MR) is 97.1 cm³/mol. The third kappa shape index (κ3) is 2.57. The van der Waals surface area contributed by atoms with Crippen molar-refractivity contribution in [2.24, 2.45) is 0 Å². The first-order chi connectivity index (χ1) is 11.8. The Morgan fingerprint density at radius 3 is 2.50 bits per heavy atom. The van der Waals surface area contributed by atoms with Crippen LogP contribution in [-0.2, 0) is 0 Å². The number of likely N-dealkylation sites (tertiary alicyclic amines) is 1. The van der Waals surface area contributed by atoms with Crippen molar-refractivity contribution in [1.82, 2.24) is 14.7 Å². The highest BCUT2D eigenvalue weighted by Gasteiger charge is 2.24. The molecule has 2 aromatic carbocycles. The number of ether oxygens (including phenoxy) is 1. The molecular weight excluding hydrogens is 298 g/mol. The van der Waals surface area contributed by atoms with Crippen LogP contribution >= 0.6 is 0 Å². The van der Waals surface area contributed by atoms with Gasteiger partial charge >= 0.3 is 0 Å². The van der Waals surface area contributed by atoms with Crippen LogP contribution in [-0.4, -0.2) is 41.9 Å². The number of hydrogen-bond acceptors (Lipinski definition) is 3. The van der Waals surface area contributed by atoms with Gasteiger partial charge in [-0.15, -0.1) is 0 Å². The number of aromatic nitrogens is 2. The van der Waals surface area contributed by atoms with Crippen LogP contribution < -0.4 is 4.74 Å². The molecule has 0 atom stereocenters. The van der Waals surface area contributed by atoms with E-state index in [4.69, 9.17) is 9.84 Å². The van der Waals surface area contributed by atoms with Crippen LogP contribution in [0.25, 0.3) is 16.6 Å². The Kier molecular flexibility index (Phi) is 3.98. The van der Waals surface area contributed by atoms with Gasteiger partial charge in [-0.2, -0.15) is 5.10 Å². The first-order valence-corrected chi connectivity index (χ1v) is 8.57. The van der Waals surface area contributed by atoms with Gasteiger partial charge in [0.25, 0.3) is 0 Å². The molecule has 1 aliphatic rings. The van der Waals surface area contributed by atoms with E-state index in [1.165, 1.54) is 23.9 Å². The molecule has 1 aromatic heterocycles. The zero-order valence-electron chi connectivity index (χ0n) is 14.3. The van der Waals surface area contributed by atoms with E-state index in [0.29, 0.717) is 5.92 Å². The van der Waals surface area contributed by atoms with E-state index in [-0.39, 0.29) is 0 Å². The largest absolute Gasteiger partial charge is 0.494 e. The summed E-state index contributed by atoms with van der Waals surface area (Å²) < 4.78 is 7.59. The number of fused-ring (bicyclic) bond motifs is 1. The van der Waals surface area contributed by atoms with Crippen molar-refractivity contribution in [1.29, 1.82) is 0 Å². The summed E-state index contributed by atoms with van der Waals surface area (Å²) in [5.74, 6) is 1.38. The molecule has 0 amide bonds. The smallest absolute Gasteiger partial charge is 0.144 e. The molecule has 0 N–H and O–H groups in total. The molecule has 124 valence electrons. The molecule has 1 aliphatic heterocycles. The standard InChI is InChI=1S/C20H23N3O/c1-22-13-11-15(12-14-22)20-16-7-3-4-8-17(16)23(21-20)18-9-5-6-10-19(18)24-2/h3-10,15H,11-14H2,1-2H3. The predicted octanol–water partition coefficient (Wildman–Crippen LogP) is 3.84. The topological polar surface area (TPSA) is 30.3 Å². The van der Waals surface area contributed by atoms with Crippen molar-refractivity contribution >= 4 is 10.9 Å². The molecule has 4 heteroatoms. The van der Waals surface area contributed by atoms with Gasteiger partial charge in [-0.1, -0.05) is 30.3 Å². The molecule has 0 aliphatic carbocycles. The van der Waals surface area contributed by atoms with Crippen molar-refractivity contribution in [3.8, 4) is 11.4 Å². The normalized spacial score (nSPS) is 16.6. The Bertz CT molecular complexity index is 847. The lowest BCUT2D eigenvalue weighted by Crippen LogP contribution is -2.29. The van der Waals surface area contributed by atoms with Crippen molar-refractivity contribution in [3.05, 3.63) is 54.2 Å². The van der Waals surface area contributed by atoms with Gasteiger partial charge in [-0.25, -0.2) is 4.68 Å². The highest BCUT2D eigenvalue weighted by atomic mass is 16.5. The van der Waals surface area contributed by atoms with Gasteiger partial charge in [0.1, 0.15) is 11.4 Å². The van der Waals surface area contributed by atoms with E-state index in [1.807, 2.05) is 22.9 Å². The lowest BCUT2D eigenvalue weighted by Gasteiger charge is -2.28. The zero-order valence-corrected chi connectivity index (χ0v) is 14.3. The van der Waals surface area contributed by atoms with Gasteiger partial charge in [0.15, 0.2) is 0 Å². The monoisotopic (exact) mass is 321 g/mol. The average Bonchev–Trinajstić information content (AvgIpc) is 3.02. The minimum Gasteiger partial charge on any atom is -0.494 e. The highest BCUT2D eigenvalue weighted by molar-refractivity contribution is 5.84. The lowest BCUT2D eigenvalue weighted by atomic mass is 9.92. The van der Waals surface area contributed by atoms with Crippen molar-refractivity contribution < 1.29 is 4.74 Å². The second-order valence-electron chi connectivity index (χ2n) is 6.56. The number of nitrogens with zero attached hydrogens (tertiary/aromatic N) is 3. The molecule has 4 rings (SSSR count). The Balaban J connectivity index is 1.85. The summed E-state index contributed by atoms with van der Waals surface area (Å²) in [5, 5.41) is 6.30. The maximum atomic E-state index is 5.55. The SMILES string of the molecule is COc1ccccc1-n1nc(C2CCN(C)CC2)c2ccccc21. The number of rotatable bonds is 3. The van der Waals surface area contributed by atoms with Gasteiger partial charge in [-0.3, -0.25) is 0 Å². The highest BCUT2D eigenvalue weighted by Crippen LogP contribution is 2.34. The summed E-state index contributed by atoms with van der Waals surface area (Å²) in [6.45, 7) is 2.28. The van der Waals surface area contributed by atoms with Crippen LogP contribution in [0.2, 0.25) is 0 Å². The lowest BCUT2D eigenvalue weighted by molar-refractivity contribution is 0.253. The third-order valence-corrected chi connectivity index (χ3v) is 5.03. The number of methoxy groups -OCH3 is 1. The van der Waals surface area contributed by atoms with Crippen LogP contribution in [0.15, 0.2) is 48.5 Å². The van der Waals surface area contributed by atoms with E-state index >= 15 is 0 Å². The first kappa shape index (κ1) is 15.2. The van der Waals surface area contributed by atoms with Crippen LogP contribution in [0, 0.1) is 0 Å². The van der Waals surface area contributed by atoms with Crippen molar-refractivity contribution in [2.75, 3.05) is 27.2 Å². The van der Waals surface area contributed by atoms with Crippen LogP contribution in [0.5, 0.6) is 5.75 Å². The van der Waals surface area contributed by atoms with Crippen molar-refractivity contribution in [2.45, 2.75) is 18.8 Å². The van der Waals surface area contributed by atoms with Crippen LogP contribution in [0.1, 0.15) is 24.5 Å². The van der Waals surface area contributed by atoms with Crippen molar-refractivity contribution in [3.63, 3.8) is 0 Å². The average molecular weight is 321 g/mol. The van der Waals surface area contributed by atoms with E-state index < -0.39 is 0 Å². The molecule has 0 radical (unpaired) electrons. The number of piperidine rings is 1. The number of para-hydroxylation sites is 3. The number of hydrogen-bond donors (Lipinski definition) is 0. The minimum absolute atomic E-state index is 0.530. The summed E-state index contributed by atoms with van der Waals surface area (Å²) in [4.78, 5) is 2.40. The molecule has 0 bridgehead atoms. The maximum Gasteiger partial charge on any atom is 0.144 e. The molecule has 24 heavy (non-hydrogen) atoms. The fourth-order valence-corrected chi connectivity index (χ4v) is 3.66. The fourth-order valence-electron chi connectivity index (χ4n) is 3.66. The second kappa shape index (κ2) is 6.29.